The van der Waals surface area contributed by atoms with E-state index in [1.165, 1.54) is 12.1 Å². The van der Waals surface area contributed by atoms with Crippen LogP contribution in [0.25, 0.3) is 5.57 Å². The van der Waals surface area contributed by atoms with Crippen molar-refractivity contribution in [2.24, 2.45) is 5.73 Å². The Balaban J connectivity index is 1.71. The Labute approximate surface area is 140 Å². The molecule has 1 aromatic heterocycles. The highest BCUT2D eigenvalue weighted by atomic mass is 19.1. The topological polar surface area (TPSA) is 75.0 Å². The zero-order valence-electron chi connectivity index (χ0n) is 13.8. The van der Waals surface area contributed by atoms with Crippen LogP contribution in [-0.2, 0) is 4.79 Å². The zero-order valence-corrected chi connectivity index (χ0v) is 13.8. The molecule has 2 heterocycles. The minimum atomic E-state index is -0.704. The van der Waals surface area contributed by atoms with Gasteiger partial charge in [-0.2, -0.15) is 5.10 Å². The van der Waals surface area contributed by atoms with Crippen molar-refractivity contribution in [1.82, 2.24) is 15.1 Å². The van der Waals surface area contributed by atoms with Gasteiger partial charge in [-0.3, -0.25) is 9.89 Å². The fraction of sp³-hybridized carbons (Fsp3) is 0.333. The van der Waals surface area contributed by atoms with Crippen molar-refractivity contribution in [2.45, 2.75) is 26.3 Å². The molecule has 1 amide bonds. The predicted octanol–water partition coefficient (Wildman–Crippen LogP) is 2.48. The SMILES string of the molecule is Cc1n[nH]c(C)c1[C@H](N)C(=O)N1CC=C(c2ccc(F)cc2)CC1. The van der Waals surface area contributed by atoms with E-state index in [4.69, 9.17) is 5.73 Å². The summed E-state index contributed by atoms with van der Waals surface area (Å²) in [6.45, 7) is 4.82. The van der Waals surface area contributed by atoms with Gasteiger partial charge in [0.1, 0.15) is 11.9 Å². The van der Waals surface area contributed by atoms with Gasteiger partial charge in [-0.25, -0.2) is 4.39 Å². The lowest BCUT2D eigenvalue weighted by atomic mass is 9.98. The van der Waals surface area contributed by atoms with Crippen LogP contribution >= 0.6 is 0 Å². The number of carbonyl (C=O) groups is 1. The van der Waals surface area contributed by atoms with Gasteiger partial charge in [-0.1, -0.05) is 18.2 Å². The van der Waals surface area contributed by atoms with Crippen molar-refractivity contribution >= 4 is 11.5 Å². The first-order valence-electron chi connectivity index (χ1n) is 7.98. The third-order valence-electron chi connectivity index (χ3n) is 4.50. The molecule has 0 saturated carbocycles. The summed E-state index contributed by atoms with van der Waals surface area (Å²) in [5, 5.41) is 6.97. The quantitative estimate of drug-likeness (QED) is 0.909. The fourth-order valence-electron chi connectivity index (χ4n) is 3.13. The summed E-state index contributed by atoms with van der Waals surface area (Å²) in [5.74, 6) is -0.346. The van der Waals surface area contributed by atoms with Crippen molar-refractivity contribution in [2.75, 3.05) is 13.1 Å². The molecule has 0 radical (unpaired) electrons. The van der Waals surface area contributed by atoms with E-state index in [1.54, 1.807) is 17.0 Å². The van der Waals surface area contributed by atoms with E-state index in [-0.39, 0.29) is 11.7 Å². The number of aryl methyl sites for hydroxylation is 2. The van der Waals surface area contributed by atoms with E-state index >= 15 is 0 Å². The standard InChI is InChI=1S/C18H21FN4O/c1-11-16(12(2)22-21-11)17(20)18(24)23-9-7-14(8-10-23)13-3-5-15(19)6-4-13/h3-7,17H,8-10,20H2,1-2H3,(H,21,22)/t17-/m0/s1. The van der Waals surface area contributed by atoms with Gasteiger partial charge in [0.05, 0.1) is 5.69 Å². The Morgan fingerprint density at radius 1 is 1.33 bits per heavy atom. The zero-order chi connectivity index (χ0) is 17.3. The normalized spacial score (nSPS) is 16.0. The number of aromatic nitrogens is 2. The number of benzene rings is 1. The summed E-state index contributed by atoms with van der Waals surface area (Å²) in [6.07, 6.45) is 2.74. The van der Waals surface area contributed by atoms with Gasteiger partial charge in [-0.15, -0.1) is 0 Å². The lowest BCUT2D eigenvalue weighted by molar-refractivity contribution is -0.132. The molecule has 3 N–H and O–H groups in total. The molecule has 1 atom stereocenters. The molecule has 1 aromatic carbocycles. The minimum Gasteiger partial charge on any atom is -0.337 e. The lowest BCUT2D eigenvalue weighted by Gasteiger charge is -2.29. The van der Waals surface area contributed by atoms with Gasteiger partial charge in [0.2, 0.25) is 5.91 Å². The summed E-state index contributed by atoms with van der Waals surface area (Å²) in [6, 6.07) is 5.73. The number of nitrogens with zero attached hydrogens (tertiary/aromatic N) is 2. The van der Waals surface area contributed by atoms with E-state index in [1.807, 2.05) is 19.9 Å². The highest BCUT2D eigenvalue weighted by molar-refractivity contribution is 5.84. The highest BCUT2D eigenvalue weighted by Crippen LogP contribution is 2.25. The predicted molar refractivity (Wildman–Crippen MR) is 90.6 cm³/mol. The average Bonchev–Trinajstić information content (AvgIpc) is 2.93. The van der Waals surface area contributed by atoms with Crippen molar-refractivity contribution in [3.8, 4) is 0 Å². The fourth-order valence-corrected chi connectivity index (χ4v) is 3.13. The maximum atomic E-state index is 13.0. The number of carbonyl (C=O) groups excluding carboxylic acids is 1. The Bertz CT molecular complexity index is 759. The number of nitrogens with two attached hydrogens (primary N) is 1. The molecule has 3 rings (SSSR count). The highest BCUT2D eigenvalue weighted by Gasteiger charge is 2.27. The Morgan fingerprint density at radius 2 is 2.04 bits per heavy atom. The number of aromatic amines is 1. The van der Waals surface area contributed by atoms with Crippen LogP contribution in [0.4, 0.5) is 4.39 Å². The Kier molecular flexibility index (Phi) is 4.49. The monoisotopic (exact) mass is 328 g/mol. The maximum absolute atomic E-state index is 13.0. The molecular weight excluding hydrogens is 307 g/mol. The molecule has 5 nitrogen and oxygen atoms in total. The molecule has 0 spiro atoms. The molecule has 24 heavy (non-hydrogen) atoms. The van der Waals surface area contributed by atoms with Crippen LogP contribution in [0.3, 0.4) is 0 Å². The van der Waals surface area contributed by atoms with Crippen molar-refractivity contribution in [3.05, 3.63) is 58.7 Å². The van der Waals surface area contributed by atoms with E-state index in [0.29, 0.717) is 13.1 Å². The molecule has 2 aromatic rings. The van der Waals surface area contributed by atoms with E-state index in [0.717, 1.165) is 34.5 Å². The molecule has 6 heteroatoms. The van der Waals surface area contributed by atoms with Crippen LogP contribution in [0, 0.1) is 19.7 Å². The van der Waals surface area contributed by atoms with Gasteiger partial charge in [-0.05, 0) is 43.5 Å². The minimum absolute atomic E-state index is 0.1000. The second-order valence-electron chi connectivity index (χ2n) is 6.10. The van der Waals surface area contributed by atoms with Crippen LogP contribution in [0.1, 0.15) is 35.0 Å². The van der Waals surface area contributed by atoms with E-state index in [2.05, 4.69) is 10.2 Å². The van der Waals surface area contributed by atoms with Gasteiger partial charge in [0.25, 0.3) is 0 Å². The molecule has 0 aliphatic carbocycles. The molecule has 126 valence electrons. The number of halogens is 1. The largest absolute Gasteiger partial charge is 0.337 e. The summed E-state index contributed by atoms with van der Waals surface area (Å²) in [5.41, 5.74) is 10.6. The van der Waals surface area contributed by atoms with Gasteiger partial charge in [0.15, 0.2) is 0 Å². The van der Waals surface area contributed by atoms with Gasteiger partial charge < -0.3 is 10.6 Å². The second-order valence-corrected chi connectivity index (χ2v) is 6.10. The summed E-state index contributed by atoms with van der Waals surface area (Å²) in [4.78, 5) is 14.4. The maximum Gasteiger partial charge on any atom is 0.244 e. The number of rotatable bonds is 3. The Hall–Kier alpha value is -2.47. The number of hydrogen-bond donors (Lipinski definition) is 2. The molecule has 0 bridgehead atoms. The number of H-pyrrole nitrogens is 1. The summed E-state index contributed by atoms with van der Waals surface area (Å²) < 4.78 is 13.0. The van der Waals surface area contributed by atoms with Crippen LogP contribution < -0.4 is 5.73 Å². The average molecular weight is 328 g/mol. The van der Waals surface area contributed by atoms with Crippen LogP contribution in [0.15, 0.2) is 30.3 Å². The van der Waals surface area contributed by atoms with Gasteiger partial charge >= 0.3 is 0 Å². The first-order valence-corrected chi connectivity index (χ1v) is 7.98. The molecule has 0 unspecified atom stereocenters. The van der Waals surface area contributed by atoms with Crippen LogP contribution in [0.5, 0.6) is 0 Å². The first-order chi connectivity index (χ1) is 11.5. The summed E-state index contributed by atoms with van der Waals surface area (Å²) >= 11 is 0. The number of hydrogen-bond acceptors (Lipinski definition) is 3. The van der Waals surface area contributed by atoms with Crippen molar-refractivity contribution in [1.29, 1.82) is 0 Å². The number of nitrogens with one attached hydrogen (secondary N) is 1. The first kappa shape index (κ1) is 16.4. The summed E-state index contributed by atoms with van der Waals surface area (Å²) in [7, 11) is 0. The molecule has 0 fully saturated rings. The van der Waals surface area contributed by atoms with Gasteiger partial charge in [0, 0.05) is 24.3 Å². The molecular formula is C18H21FN4O. The van der Waals surface area contributed by atoms with E-state index < -0.39 is 6.04 Å². The van der Waals surface area contributed by atoms with Crippen molar-refractivity contribution in [3.63, 3.8) is 0 Å². The third kappa shape index (κ3) is 3.10. The van der Waals surface area contributed by atoms with Crippen LogP contribution in [0.2, 0.25) is 0 Å². The molecule has 1 aliphatic heterocycles. The molecule has 1 aliphatic rings. The van der Waals surface area contributed by atoms with Crippen LogP contribution in [-0.4, -0.2) is 34.1 Å². The Morgan fingerprint density at radius 3 is 2.58 bits per heavy atom. The van der Waals surface area contributed by atoms with Crippen molar-refractivity contribution < 1.29 is 9.18 Å². The smallest absolute Gasteiger partial charge is 0.244 e. The van der Waals surface area contributed by atoms with E-state index in [9.17, 15) is 9.18 Å². The molecule has 0 saturated heterocycles. The third-order valence-corrected chi connectivity index (χ3v) is 4.50. The number of amides is 1. The lowest BCUT2D eigenvalue weighted by Crippen LogP contribution is -2.41. The second kappa shape index (κ2) is 6.57.